The van der Waals surface area contributed by atoms with Crippen molar-refractivity contribution < 1.29 is 4.79 Å². The highest BCUT2D eigenvalue weighted by Crippen LogP contribution is 2.24. The van der Waals surface area contributed by atoms with Gasteiger partial charge >= 0.3 is 0 Å². The molecule has 0 radical (unpaired) electrons. The standard InChI is InChI=1S/C12H14Cl2N4O/c1-12(2,3)8-5-9(18-17-8)16-11(19)7-4-6(13)10(14)15-7/h4-5,15H,1-3H3,(H2,16,17,18,19). The monoisotopic (exact) mass is 300 g/mol. The molecule has 1 amide bonds. The van der Waals surface area contributed by atoms with E-state index in [1.54, 1.807) is 6.07 Å². The third-order valence-corrected chi connectivity index (χ3v) is 3.29. The number of rotatable bonds is 2. The van der Waals surface area contributed by atoms with Crippen molar-refractivity contribution in [1.29, 1.82) is 0 Å². The predicted octanol–water partition coefficient (Wildman–Crippen LogP) is 3.59. The molecule has 2 rings (SSSR count). The smallest absolute Gasteiger partial charge is 0.273 e. The Hall–Kier alpha value is -1.46. The van der Waals surface area contributed by atoms with E-state index < -0.39 is 0 Å². The van der Waals surface area contributed by atoms with E-state index in [-0.39, 0.29) is 22.2 Å². The number of aromatic amines is 2. The Morgan fingerprint density at radius 2 is 2.00 bits per heavy atom. The summed E-state index contributed by atoms with van der Waals surface area (Å²) in [6.07, 6.45) is 0. The minimum Gasteiger partial charge on any atom is -0.340 e. The van der Waals surface area contributed by atoms with Crippen LogP contribution in [0.5, 0.6) is 0 Å². The van der Waals surface area contributed by atoms with E-state index in [4.69, 9.17) is 23.2 Å². The van der Waals surface area contributed by atoms with Gasteiger partial charge in [0, 0.05) is 17.2 Å². The molecule has 2 aromatic heterocycles. The van der Waals surface area contributed by atoms with Gasteiger partial charge in [-0.1, -0.05) is 44.0 Å². The maximum Gasteiger partial charge on any atom is 0.273 e. The van der Waals surface area contributed by atoms with Gasteiger partial charge in [0.1, 0.15) is 10.8 Å². The van der Waals surface area contributed by atoms with Crippen molar-refractivity contribution in [1.82, 2.24) is 15.2 Å². The maximum atomic E-state index is 11.9. The summed E-state index contributed by atoms with van der Waals surface area (Å²) in [7, 11) is 0. The Morgan fingerprint density at radius 1 is 1.32 bits per heavy atom. The van der Waals surface area contributed by atoms with Gasteiger partial charge < -0.3 is 10.3 Å². The molecule has 0 spiro atoms. The molecule has 0 saturated heterocycles. The molecular weight excluding hydrogens is 287 g/mol. The van der Waals surface area contributed by atoms with Crippen LogP contribution in [0.25, 0.3) is 0 Å². The average molecular weight is 301 g/mol. The van der Waals surface area contributed by atoms with Crippen LogP contribution < -0.4 is 5.32 Å². The van der Waals surface area contributed by atoms with Crippen molar-refractivity contribution in [2.45, 2.75) is 26.2 Å². The fourth-order valence-corrected chi connectivity index (χ4v) is 1.79. The van der Waals surface area contributed by atoms with Crippen LogP contribution in [-0.2, 0) is 5.41 Å². The molecule has 0 aliphatic carbocycles. The molecule has 0 bridgehead atoms. The molecule has 0 aliphatic rings. The van der Waals surface area contributed by atoms with Gasteiger partial charge in [0.2, 0.25) is 0 Å². The number of aromatic nitrogens is 3. The SMILES string of the molecule is CC(C)(C)c1cc(NC(=O)c2cc(Cl)c(Cl)[nH]2)n[nH]1. The van der Waals surface area contributed by atoms with Crippen LogP contribution in [-0.4, -0.2) is 21.1 Å². The molecule has 0 fully saturated rings. The number of carbonyl (C=O) groups excluding carboxylic acids is 1. The van der Waals surface area contributed by atoms with Crippen LogP contribution in [0.4, 0.5) is 5.82 Å². The molecule has 0 aliphatic heterocycles. The average Bonchev–Trinajstić information content (AvgIpc) is 2.86. The second-order valence-electron chi connectivity index (χ2n) is 5.22. The highest BCUT2D eigenvalue weighted by Gasteiger charge is 2.18. The van der Waals surface area contributed by atoms with Crippen LogP contribution in [0, 0.1) is 0 Å². The topological polar surface area (TPSA) is 73.6 Å². The second-order valence-corrected chi connectivity index (χ2v) is 6.00. The van der Waals surface area contributed by atoms with Crippen LogP contribution in [0.3, 0.4) is 0 Å². The first-order valence-corrected chi connectivity index (χ1v) is 6.44. The largest absolute Gasteiger partial charge is 0.340 e. The minimum atomic E-state index is -0.347. The maximum absolute atomic E-state index is 11.9. The van der Waals surface area contributed by atoms with Crippen molar-refractivity contribution in [2.24, 2.45) is 0 Å². The number of hydrogen-bond acceptors (Lipinski definition) is 2. The third-order valence-electron chi connectivity index (χ3n) is 2.60. The Bertz CT molecular complexity index is 590. The van der Waals surface area contributed by atoms with E-state index in [9.17, 15) is 4.79 Å². The van der Waals surface area contributed by atoms with E-state index in [1.807, 2.05) is 0 Å². The summed E-state index contributed by atoms with van der Waals surface area (Å²) < 4.78 is 0. The molecule has 3 N–H and O–H groups in total. The zero-order valence-electron chi connectivity index (χ0n) is 10.8. The molecule has 5 nitrogen and oxygen atoms in total. The lowest BCUT2D eigenvalue weighted by Gasteiger charge is -2.14. The van der Waals surface area contributed by atoms with Crippen molar-refractivity contribution in [3.05, 3.63) is 33.7 Å². The minimum absolute atomic E-state index is 0.0605. The van der Waals surface area contributed by atoms with E-state index in [0.29, 0.717) is 10.8 Å². The van der Waals surface area contributed by atoms with Crippen molar-refractivity contribution in [3.8, 4) is 0 Å². The molecular formula is C12H14Cl2N4O. The zero-order chi connectivity index (χ0) is 14.2. The summed E-state index contributed by atoms with van der Waals surface area (Å²) in [6, 6.07) is 3.26. The third kappa shape index (κ3) is 3.11. The molecule has 2 aromatic rings. The van der Waals surface area contributed by atoms with Crippen molar-refractivity contribution in [2.75, 3.05) is 5.32 Å². The van der Waals surface area contributed by atoms with Gasteiger partial charge in [-0.3, -0.25) is 9.89 Å². The lowest BCUT2D eigenvalue weighted by atomic mass is 9.92. The summed E-state index contributed by atoms with van der Waals surface area (Å²) in [5.41, 5.74) is 1.16. The number of halogens is 2. The summed E-state index contributed by atoms with van der Waals surface area (Å²) in [4.78, 5) is 14.6. The van der Waals surface area contributed by atoms with Gasteiger partial charge in [0.25, 0.3) is 5.91 Å². The number of nitrogens with one attached hydrogen (secondary N) is 3. The lowest BCUT2D eigenvalue weighted by molar-refractivity contribution is 0.102. The van der Waals surface area contributed by atoms with Gasteiger partial charge in [0.05, 0.1) is 5.02 Å². The quantitative estimate of drug-likeness (QED) is 0.793. The van der Waals surface area contributed by atoms with Crippen LogP contribution in [0.1, 0.15) is 37.0 Å². The van der Waals surface area contributed by atoms with E-state index >= 15 is 0 Å². The van der Waals surface area contributed by atoms with Crippen LogP contribution in [0.15, 0.2) is 12.1 Å². The van der Waals surface area contributed by atoms with Gasteiger partial charge in [-0.2, -0.15) is 5.10 Å². The first kappa shape index (κ1) is 14.0. The molecule has 7 heteroatoms. The number of H-pyrrole nitrogens is 2. The molecule has 0 aromatic carbocycles. The molecule has 0 saturated carbocycles. The molecule has 2 heterocycles. The summed E-state index contributed by atoms with van der Waals surface area (Å²) in [5.74, 6) is 0.109. The summed E-state index contributed by atoms with van der Waals surface area (Å²) in [6.45, 7) is 6.16. The Morgan fingerprint density at radius 3 is 2.47 bits per heavy atom. The highest BCUT2D eigenvalue weighted by molar-refractivity contribution is 6.41. The molecule has 0 atom stereocenters. The van der Waals surface area contributed by atoms with Crippen molar-refractivity contribution in [3.63, 3.8) is 0 Å². The van der Waals surface area contributed by atoms with E-state index in [0.717, 1.165) is 5.69 Å². The van der Waals surface area contributed by atoms with E-state index in [2.05, 4.69) is 41.3 Å². The molecule has 19 heavy (non-hydrogen) atoms. The number of hydrogen-bond donors (Lipinski definition) is 3. The second kappa shape index (κ2) is 4.90. The molecule has 0 unspecified atom stereocenters. The van der Waals surface area contributed by atoms with Crippen molar-refractivity contribution >= 4 is 34.9 Å². The normalized spacial score (nSPS) is 11.6. The summed E-state index contributed by atoms with van der Waals surface area (Å²) in [5, 5.41) is 10.1. The van der Waals surface area contributed by atoms with E-state index in [1.165, 1.54) is 6.07 Å². The Balaban J connectivity index is 2.13. The van der Waals surface area contributed by atoms with Gasteiger partial charge in [0.15, 0.2) is 5.82 Å². The fourth-order valence-electron chi connectivity index (χ4n) is 1.48. The predicted molar refractivity (Wildman–Crippen MR) is 76.1 cm³/mol. The number of carbonyl (C=O) groups is 1. The lowest BCUT2D eigenvalue weighted by Crippen LogP contribution is -2.13. The van der Waals surface area contributed by atoms with Gasteiger partial charge in [-0.15, -0.1) is 0 Å². The first-order valence-electron chi connectivity index (χ1n) is 5.68. The fraction of sp³-hybridized carbons (Fsp3) is 0.333. The highest BCUT2D eigenvalue weighted by atomic mass is 35.5. The number of nitrogens with zero attached hydrogens (tertiary/aromatic N) is 1. The van der Waals surface area contributed by atoms with Crippen LogP contribution in [0.2, 0.25) is 10.2 Å². The van der Waals surface area contributed by atoms with Gasteiger partial charge in [-0.25, -0.2) is 0 Å². The number of amides is 1. The van der Waals surface area contributed by atoms with Gasteiger partial charge in [-0.05, 0) is 6.07 Å². The first-order chi connectivity index (χ1) is 8.77. The Labute approximate surface area is 120 Å². The zero-order valence-corrected chi connectivity index (χ0v) is 12.3. The number of anilines is 1. The Kier molecular flexibility index (Phi) is 3.60. The summed E-state index contributed by atoms with van der Waals surface area (Å²) >= 11 is 11.5. The molecule has 102 valence electrons. The van der Waals surface area contributed by atoms with Crippen LogP contribution >= 0.6 is 23.2 Å².